The minimum absolute atomic E-state index is 0.0287. The molecule has 3 aromatic carbocycles. The van der Waals surface area contributed by atoms with Crippen LogP contribution >= 0.6 is 12.2 Å². The SMILES string of the molecule is COc1cc([C@H]2NC(=S)NC(c3ccccc3)=C2C(=O)c2ccccc2)ccc1O. The van der Waals surface area contributed by atoms with Gasteiger partial charge < -0.3 is 20.5 Å². The average Bonchev–Trinajstić information content (AvgIpc) is 2.79. The first kappa shape index (κ1) is 19.7. The molecule has 0 spiro atoms. The van der Waals surface area contributed by atoms with Gasteiger partial charge in [0.15, 0.2) is 22.4 Å². The number of carbonyl (C=O) groups is 1. The van der Waals surface area contributed by atoms with Crippen molar-refractivity contribution in [2.45, 2.75) is 6.04 Å². The third-order valence-corrected chi connectivity index (χ3v) is 5.17. The smallest absolute Gasteiger partial charge is 0.193 e. The first-order chi connectivity index (χ1) is 14.6. The van der Waals surface area contributed by atoms with Gasteiger partial charge in [0, 0.05) is 5.56 Å². The van der Waals surface area contributed by atoms with Crippen LogP contribution in [0, 0.1) is 0 Å². The Morgan fingerprint density at radius 3 is 2.33 bits per heavy atom. The topological polar surface area (TPSA) is 70.6 Å². The van der Waals surface area contributed by atoms with Gasteiger partial charge in [-0.25, -0.2) is 0 Å². The summed E-state index contributed by atoms with van der Waals surface area (Å²) in [5.74, 6) is 0.237. The standard InChI is InChI=1S/C24H20N2O3S/c1-29-19-14-17(12-13-18(19)27)22-20(23(28)16-10-6-3-7-11-16)21(25-24(30)26-22)15-8-4-2-5-9-15/h2-14,22,27H,1H3,(H2,25,26,30)/t22-/m1/s1. The van der Waals surface area contributed by atoms with Crippen LogP contribution in [-0.2, 0) is 0 Å². The Balaban J connectivity index is 1.93. The lowest BCUT2D eigenvalue weighted by Crippen LogP contribution is -2.44. The number of thiocarbonyl (C=S) groups is 1. The lowest BCUT2D eigenvalue weighted by molar-refractivity contribution is 0.102. The van der Waals surface area contributed by atoms with Crippen LogP contribution in [0.5, 0.6) is 11.5 Å². The molecule has 6 heteroatoms. The van der Waals surface area contributed by atoms with Gasteiger partial charge in [-0.1, -0.05) is 66.7 Å². The van der Waals surface area contributed by atoms with Crippen molar-refractivity contribution in [3.63, 3.8) is 0 Å². The molecule has 0 aromatic heterocycles. The molecular formula is C24H20N2O3S. The number of benzene rings is 3. The number of ketones is 1. The molecule has 0 unspecified atom stereocenters. The zero-order valence-electron chi connectivity index (χ0n) is 16.3. The lowest BCUT2D eigenvalue weighted by Gasteiger charge is -2.32. The van der Waals surface area contributed by atoms with Crippen molar-refractivity contribution in [2.24, 2.45) is 0 Å². The summed E-state index contributed by atoms with van der Waals surface area (Å²) in [7, 11) is 1.49. The van der Waals surface area contributed by atoms with Gasteiger partial charge in [-0.3, -0.25) is 4.79 Å². The van der Waals surface area contributed by atoms with Crippen LogP contribution in [0.15, 0.2) is 84.4 Å². The summed E-state index contributed by atoms with van der Waals surface area (Å²) in [4.78, 5) is 13.6. The molecule has 4 rings (SSSR count). The fraction of sp³-hybridized carbons (Fsp3) is 0.0833. The molecular weight excluding hydrogens is 396 g/mol. The molecule has 0 aliphatic carbocycles. The van der Waals surface area contributed by atoms with Gasteiger partial charge in [0.05, 0.1) is 24.4 Å². The number of phenolic OH excluding ortho intramolecular Hbond substituents is 1. The second-order valence-corrected chi connectivity index (χ2v) is 7.22. The van der Waals surface area contributed by atoms with Gasteiger partial charge in [-0.2, -0.15) is 0 Å². The summed E-state index contributed by atoms with van der Waals surface area (Å²) >= 11 is 5.45. The number of methoxy groups -OCH3 is 1. The highest BCUT2D eigenvalue weighted by Gasteiger charge is 2.33. The van der Waals surface area contributed by atoms with Crippen LogP contribution in [-0.4, -0.2) is 23.1 Å². The molecule has 150 valence electrons. The number of hydrogen-bond donors (Lipinski definition) is 3. The zero-order valence-corrected chi connectivity index (χ0v) is 17.1. The van der Waals surface area contributed by atoms with Crippen molar-refractivity contribution >= 4 is 28.8 Å². The summed E-state index contributed by atoms with van der Waals surface area (Å²) in [6, 6.07) is 23.2. The van der Waals surface area contributed by atoms with Gasteiger partial charge in [0.25, 0.3) is 0 Å². The van der Waals surface area contributed by atoms with E-state index < -0.39 is 6.04 Å². The number of nitrogens with one attached hydrogen (secondary N) is 2. The van der Waals surface area contributed by atoms with Crippen molar-refractivity contribution in [1.82, 2.24) is 10.6 Å². The van der Waals surface area contributed by atoms with Crippen LogP contribution < -0.4 is 15.4 Å². The highest BCUT2D eigenvalue weighted by molar-refractivity contribution is 7.80. The summed E-state index contributed by atoms with van der Waals surface area (Å²) < 4.78 is 5.27. The van der Waals surface area contributed by atoms with Crippen molar-refractivity contribution in [1.29, 1.82) is 0 Å². The second kappa shape index (κ2) is 8.39. The third kappa shape index (κ3) is 3.77. The molecule has 0 fully saturated rings. The summed E-state index contributed by atoms with van der Waals surface area (Å²) in [6.07, 6.45) is 0. The summed E-state index contributed by atoms with van der Waals surface area (Å²) in [5.41, 5.74) is 3.38. The van der Waals surface area contributed by atoms with E-state index in [1.165, 1.54) is 7.11 Å². The largest absolute Gasteiger partial charge is 0.504 e. The fourth-order valence-corrected chi connectivity index (χ4v) is 3.73. The van der Waals surface area contributed by atoms with Crippen molar-refractivity contribution in [3.05, 3.63) is 101 Å². The first-order valence-corrected chi connectivity index (χ1v) is 9.83. The molecule has 3 N–H and O–H groups in total. The van der Waals surface area contributed by atoms with E-state index in [0.29, 0.717) is 27.7 Å². The Hall–Kier alpha value is -3.64. The third-order valence-electron chi connectivity index (χ3n) is 4.95. The lowest BCUT2D eigenvalue weighted by atomic mass is 9.87. The van der Waals surface area contributed by atoms with Gasteiger partial charge in [-0.15, -0.1) is 0 Å². The average molecular weight is 417 g/mol. The van der Waals surface area contributed by atoms with Gasteiger partial charge in [-0.05, 0) is 35.5 Å². The fourth-order valence-electron chi connectivity index (χ4n) is 3.51. The number of hydrogen-bond acceptors (Lipinski definition) is 4. The Labute approximate surface area is 180 Å². The predicted octanol–water partition coefficient (Wildman–Crippen LogP) is 4.21. The molecule has 0 radical (unpaired) electrons. The molecule has 0 amide bonds. The van der Waals surface area contributed by atoms with Crippen molar-refractivity contribution in [3.8, 4) is 11.5 Å². The molecule has 0 saturated heterocycles. The number of ether oxygens (including phenoxy) is 1. The van der Waals surface area contributed by atoms with Crippen LogP contribution in [0.3, 0.4) is 0 Å². The molecule has 3 aromatic rings. The minimum Gasteiger partial charge on any atom is -0.504 e. The van der Waals surface area contributed by atoms with Crippen LogP contribution in [0.2, 0.25) is 0 Å². The maximum Gasteiger partial charge on any atom is 0.193 e. The first-order valence-electron chi connectivity index (χ1n) is 9.42. The van der Waals surface area contributed by atoms with Crippen LogP contribution in [0.1, 0.15) is 27.5 Å². The summed E-state index contributed by atoms with van der Waals surface area (Å²) in [6.45, 7) is 0. The summed E-state index contributed by atoms with van der Waals surface area (Å²) in [5, 5.41) is 16.8. The molecule has 30 heavy (non-hydrogen) atoms. The molecule has 0 saturated carbocycles. The molecule has 1 heterocycles. The highest BCUT2D eigenvalue weighted by atomic mass is 32.1. The Morgan fingerprint density at radius 1 is 1.00 bits per heavy atom. The van der Waals surface area contributed by atoms with E-state index in [-0.39, 0.29) is 11.5 Å². The highest BCUT2D eigenvalue weighted by Crippen LogP contribution is 2.36. The monoisotopic (exact) mass is 416 g/mol. The maximum absolute atomic E-state index is 13.6. The number of rotatable bonds is 5. The van der Waals surface area contributed by atoms with Crippen LogP contribution in [0.25, 0.3) is 5.70 Å². The minimum atomic E-state index is -0.517. The number of phenols is 1. The Morgan fingerprint density at radius 2 is 1.67 bits per heavy atom. The van der Waals surface area contributed by atoms with E-state index in [4.69, 9.17) is 17.0 Å². The van der Waals surface area contributed by atoms with Gasteiger partial charge in [0.1, 0.15) is 0 Å². The van der Waals surface area contributed by atoms with E-state index in [0.717, 1.165) is 11.1 Å². The molecule has 0 bridgehead atoms. The molecule has 5 nitrogen and oxygen atoms in total. The van der Waals surface area contributed by atoms with E-state index in [9.17, 15) is 9.90 Å². The van der Waals surface area contributed by atoms with E-state index >= 15 is 0 Å². The maximum atomic E-state index is 13.6. The molecule has 1 aliphatic heterocycles. The second-order valence-electron chi connectivity index (χ2n) is 6.81. The number of aromatic hydroxyl groups is 1. The predicted molar refractivity (Wildman–Crippen MR) is 120 cm³/mol. The quantitative estimate of drug-likeness (QED) is 0.428. The van der Waals surface area contributed by atoms with E-state index in [1.807, 2.05) is 48.5 Å². The Bertz CT molecular complexity index is 1130. The van der Waals surface area contributed by atoms with Crippen molar-refractivity contribution in [2.75, 3.05) is 7.11 Å². The number of carbonyl (C=O) groups excluding carboxylic acids is 1. The van der Waals surface area contributed by atoms with Crippen LogP contribution in [0.4, 0.5) is 0 Å². The normalized spacial score (nSPS) is 15.9. The molecule has 1 atom stereocenters. The zero-order chi connectivity index (χ0) is 21.1. The Kier molecular flexibility index (Phi) is 5.50. The molecule has 1 aliphatic rings. The van der Waals surface area contributed by atoms with Gasteiger partial charge >= 0.3 is 0 Å². The number of Topliss-reactive ketones (excluding diaryl/α,β-unsaturated/α-hetero) is 1. The van der Waals surface area contributed by atoms with Crippen molar-refractivity contribution < 1.29 is 14.6 Å². The van der Waals surface area contributed by atoms with E-state index in [1.54, 1.807) is 30.3 Å². The van der Waals surface area contributed by atoms with Gasteiger partial charge in [0.2, 0.25) is 0 Å². The van der Waals surface area contributed by atoms with E-state index in [2.05, 4.69) is 10.6 Å².